The van der Waals surface area contributed by atoms with Gasteiger partial charge in [0.1, 0.15) is 0 Å². The summed E-state index contributed by atoms with van der Waals surface area (Å²) in [6.45, 7) is 15.2. The van der Waals surface area contributed by atoms with Crippen LogP contribution in [0.1, 0.15) is 41.0 Å². The van der Waals surface area contributed by atoms with Crippen LogP contribution in [0.2, 0.25) is 0 Å². The minimum absolute atomic E-state index is 0.768. The molecule has 0 spiro atoms. The van der Waals surface area contributed by atoms with Gasteiger partial charge in [-0.05, 0) is 44.2 Å². The van der Waals surface area contributed by atoms with E-state index in [1.165, 1.54) is 0 Å². The molecule has 92 valence electrons. The first kappa shape index (κ1) is 14.9. The summed E-state index contributed by atoms with van der Waals surface area (Å²) in [5.41, 5.74) is 0. The standard InChI is InChI=1S/C13H29NO/c1-6-15-9-7-8-14-10-13(11(2)3)12(4)5/h11-14H,6-10H2,1-5H3. The highest BCUT2D eigenvalue weighted by molar-refractivity contribution is 4.69. The third kappa shape index (κ3) is 7.80. The zero-order valence-corrected chi connectivity index (χ0v) is 11.2. The molecule has 0 aromatic heterocycles. The van der Waals surface area contributed by atoms with E-state index in [4.69, 9.17) is 4.74 Å². The Bertz CT molecular complexity index is 126. The minimum Gasteiger partial charge on any atom is -0.382 e. The molecule has 0 aromatic carbocycles. The van der Waals surface area contributed by atoms with Crippen molar-refractivity contribution in [3.05, 3.63) is 0 Å². The second kappa shape index (κ2) is 9.17. The molecule has 0 aliphatic carbocycles. The topological polar surface area (TPSA) is 21.3 Å². The Morgan fingerprint density at radius 1 is 1.07 bits per heavy atom. The van der Waals surface area contributed by atoms with Crippen LogP contribution >= 0.6 is 0 Å². The van der Waals surface area contributed by atoms with Gasteiger partial charge in [-0.2, -0.15) is 0 Å². The van der Waals surface area contributed by atoms with E-state index in [1.807, 2.05) is 6.92 Å². The largest absolute Gasteiger partial charge is 0.382 e. The van der Waals surface area contributed by atoms with Crippen molar-refractivity contribution < 1.29 is 4.74 Å². The van der Waals surface area contributed by atoms with Crippen LogP contribution in [0.25, 0.3) is 0 Å². The van der Waals surface area contributed by atoms with Crippen molar-refractivity contribution in [2.24, 2.45) is 17.8 Å². The number of nitrogens with one attached hydrogen (secondary N) is 1. The lowest BCUT2D eigenvalue weighted by atomic mass is 9.85. The summed E-state index contributed by atoms with van der Waals surface area (Å²) in [5, 5.41) is 3.53. The maximum absolute atomic E-state index is 5.30. The molecule has 0 heterocycles. The van der Waals surface area contributed by atoms with E-state index in [0.29, 0.717) is 0 Å². The van der Waals surface area contributed by atoms with Crippen molar-refractivity contribution in [2.75, 3.05) is 26.3 Å². The first-order valence-electron chi connectivity index (χ1n) is 6.38. The SMILES string of the molecule is CCOCCCNCC(C(C)C)C(C)C. The van der Waals surface area contributed by atoms with E-state index in [2.05, 4.69) is 33.0 Å². The summed E-state index contributed by atoms with van der Waals surface area (Å²) in [7, 11) is 0. The highest BCUT2D eigenvalue weighted by atomic mass is 16.5. The number of hydrogen-bond donors (Lipinski definition) is 1. The molecule has 0 radical (unpaired) electrons. The molecule has 0 saturated carbocycles. The fourth-order valence-corrected chi connectivity index (χ4v) is 1.95. The third-order valence-corrected chi connectivity index (χ3v) is 2.94. The number of hydrogen-bond acceptors (Lipinski definition) is 2. The van der Waals surface area contributed by atoms with Crippen molar-refractivity contribution in [1.82, 2.24) is 5.32 Å². The fourth-order valence-electron chi connectivity index (χ4n) is 1.95. The number of rotatable bonds is 9. The molecule has 0 bridgehead atoms. The van der Waals surface area contributed by atoms with E-state index in [0.717, 1.165) is 50.5 Å². The van der Waals surface area contributed by atoms with Gasteiger partial charge in [-0.15, -0.1) is 0 Å². The van der Waals surface area contributed by atoms with Gasteiger partial charge in [0.05, 0.1) is 0 Å². The molecule has 2 heteroatoms. The summed E-state index contributed by atoms with van der Waals surface area (Å²) in [6, 6.07) is 0. The van der Waals surface area contributed by atoms with Crippen molar-refractivity contribution in [3.8, 4) is 0 Å². The van der Waals surface area contributed by atoms with Gasteiger partial charge in [0.15, 0.2) is 0 Å². The third-order valence-electron chi connectivity index (χ3n) is 2.94. The van der Waals surface area contributed by atoms with Gasteiger partial charge >= 0.3 is 0 Å². The molecule has 0 atom stereocenters. The summed E-state index contributed by atoms with van der Waals surface area (Å²) in [6.07, 6.45) is 1.12. The van der Waals surface area contributed by atoms with E-state index in [-0.39, 0.29) is 0 Å². The fraction of sp³-hybridized carbons (Fsp3) is 1.00. The molecule has 0 aliphatic heterocycles. The molecule has 0 unspecified atom stereocenters. The monoisotopic (exact) mass is 215 g/mol. The van der Waals surface area contributed by atoms with Crippen LogP contribution < -0.4 is 5.32 Å². The zero-order chi connectivity index (χ0) is 11.7. The number of ether oxygens (including phenoxy) is 1. The van der Waals surface area contributed by atoms with E-state index in [1.54, 1.807) is 0 Å². The predicted molar refractivity (Wildman–Crippen MR) is 67.1 cm³/mol. The second-order valence-electron chi connectivity index (χ2n) is 4.91. The summed E-state index contributed by atoms with van der Waals surface area (Å²) < 4.78 is 5.30. The van der Waals surface area contributed by atoms with Gasteiger partial charge in [0.2, 0.25) is 0 Å². The molecule has 1 N–H and O–H groups in total. The molecule has 0 rings (SSSR count). The van der Waals surface area contributed by atoms with Crippen LogP contribution in [0.5, 0.6) is 0 Å². The highest BCUT2D eigenvalue weighted by Gasteiger charge is 2.16. The smallest absolute Gasteiger partial charge is 0.0477 e. The van der Waals surface area contributed by atoms with Gasteiger partial charge < -0.3 is 10.1 Å². The van der Waals surface area contributed by atoms with Gasteiger partial charge in [0.25, 0.3) is 0 Å². The lowest BCUT2D eigenvalue weighted by Gasteiger charge is -2.25. The summed E-state index contributed by atoms with van der Waals surface area (Å²) in [5.74, 6) is 2.32. The van der Waals surface area contributed by atoms with Crippen LogP contribution in [0.4, 0.5) is 0 Å². The van der Waals surface area contributed by atoms with E-state index in [9.17, 15) is 0 Å². The molecule has 0 aromatic rings. The van der Waals surface area contributed by atoms with Crippen molar-refractivity contribution in [3.63, 3.8) is 0 Å². The Morgan fingerprint density at radius 2 is 1.67 bits per heavy atom. The van der Waals surface area contributed by atoms with Gasteiger partial charge in [-0.1, -0.05) is 27.7 Å². The Morgan fingerprint density at radius 3 is 2.13 bits per heavy atom. The normalized spacial score (nSPS) is 12.0. The average Bonchev–Trinajstić information content (AvgIpc) is 2.15. The maximum Gasteiger partial charge on any atom is 0.0477 e. The van der Waals surface area contributed by atoms with Gasteiger partial charge in [-0.3, -0.25) is 0 Å². The highest BCUT2D eigenvalue weighted by Crippen LogP contribution is 2.19. The maximum atomic E-state index is 5.30. The quantitative estimate of drug-likeness (QED) is 0.597. The summed E-state index contributed by atoms with van der Waals surface area (Å²) >= 11 is 0. The molecular weight excluding hydrogens is 186 g/mol. The van der Waals surface area contributed by atoms with Crippen LogP contribution in [-0.2, 0) is 4.74 Å². The van der Waals surface area contributed by atoms with E-state index >= 15 is 0 Å². The van der Waals surface area contributed by atoms with Crippen LogP contribution in [-0.4, -0.2) is 26.3 Å². The molecule has 0 amide bonds. The molecule has 2 nitrogen and oxygen atoms in total. The zero-order valence-electron chi connectivity index (χ0n) is 11.2. The van der Waals surface area contributed by atoms with E-state index < -0.39 is 0 Å². The first-order valence-corrected chi connectivity index (χ1v) is 6.38. The molecular formula is C13H29NO. The Labute approximate surface area is 95.8 Å². The van der Waals surface area contributed by atoms with Crippen molar-refractivity contribution in [1.29, 1.82) is 0 Å². The molecule has 0 saturated heterocycles. The average molecular weight is 215 g/mol. The van der Waals surface area contributed by atoms with Crippen molar-refractivity contribution in [2.45, 2.75) is 41.0 Å². The molecule has 0 aliphatic rings. The minimum atomic E-state index is 0.768. The van der Waals surface area contributed by atoms with Crippen LogP contribution in [0.15, 0.2) is 0 Å². The Balaban J connectivity index is 3.46. The van der Waals surface area contributed by atoms with Crippen LogP contribution in [0.3, 0.4) is 0 Å². The Hall–Kier alpha value is -0.0800. The lowest BCUT2D eigenvalue weighted by molar-refractivity contribution is 0.144. The lowest BCUT2D eigenvalue weighted by Crippen LogP contribution is -2.30. The van der Waals surface area contributed by atoms with Gasteiger partial charge in [0, 0.05) is 13.2 Å². The van der Waals surface area contributed by atoms with Gasteiger partial charge in [-0.25, -0.2) is 0 Å². The second-order valence-corrected chi connectivity index (χ2v) is 4.91. The Kier molecular flexibility index (Phi) is 9.12. The first-order chi connectivity index (χ1) is 7.09. The molecule has 0 fully saturated rings. The predicted octanol–water partition coefficient (Wildman–Crippen LogP) is 2.93. The summed E-state index contributed by atoms with van der Waals surface area (Å²) in [4.78, 5) is 0. The molecule has 15 heavy (non-hydrogen) atoms. The van der Waals surface area contributed by atoms with Crippen LogP contribution in [0, 0.1) is 17.8 Å². The van der Waals surface area contributed by atoms with Crippen molar-refractivity contribution >= 4 is 0 Å².